The van der Waals surface area contributed by atoms with Crippen molar-refractivity contribution in [3.8, 4) is 5.75 Å². The fourth-order valence-corrected chi connectivity index (χ4v) is 6.31. The Balaban J connectivity index is 1.12. The van der Waals surface area contributed by atoms with E-state index in [1.807, 2.05) is 4.90 Å². The van der Waals surface area contributed by atoms with Crippen LogP contribution in [0.2, 0.25) is 0 Å². The lowest BCUT2D eigenvalue weighted by molar-refractivity contribution is -0.143. The molecule has 0 bridgehead atoms. The second-order valence-electron chi connectivity index (χ2n) is 10.5. The van der Waals surface area contributed by atoms with Crippen LogP contribution in [0.15, 0.2) is 36.0 Å². The number of unbranched alkanes of at least 4 members (excludes halogenated alkanes) is 2. The molecule has 2 aliphatic rings. The number of carboxylic acid groups (broad SMARTS) is 1. The van der Waals surface area contributed by atoms with Gasteiger partial charge in [0.15, 0.2) is 11.6 Å². The average Bonchev–Trinajstić information content (AvgIpc) is 3.63. The number of aryl methyl sites for hydroxylation is 2. The largest absolute Gasteiger partial charge is 0.493 e. The molecule has 1 saturated heterocycles. The second-order valence-corrected chi connectivity index (χ2v) is 11.5. The van der Waals surface area contributed by atoms with Gasteiger partial charge in [0, 0.05) is 55.0 Å². The van der Waals surface area contributed by atoms with Crippen LogP contribution in [0, 0.1) is 5.82 Å². The minimum Gasteiger partial charge on any atom is -0.493 e. The molecule has 8 nitrogen and oxygen atoms in total. The van der Waals surface area contributed by atoms with Crippen molar-refractivity contribution in [2.75, 3.05) is 38.7 Å². The van der Waals surface area contributed by atoms with Gasteiger partial charge in [0.25, 0.3) is 0 Å². The van der Waals surface area contributed by atoms with Gasteiger partial charge in [-0.2, -0.15) is 0 Å². The van der Waals surface area contributed by atoms with Crippen molar-refractivity contribution in [2.45, 2.75) is 63.5 Å². The number of benzene rings is 1. The van der Waals surface area contributed by atoms with Crippen molar-refractivity contribution in [1.29, 1.82) is 0 Å². The van der Waals surface area contributed by atoms with Gasteiger partial charge in [-0.3, -0.25) is 14.7 Å². The quantitative estimate of drug-likeness (QED) is 0.270. The first-order valence-corrected chi connectivity index (χ1v) is 14.9. The topological polar surface area (TPSA) is 96.8 Å². The number of rotatable bonds is 13. The molecule has 10 heteroatoms. The number of aromatic nitrogens is 2. The van der Waals surface area contributed by atoms with Crippen LogP contribution in [-0.4, -0.2) is 65.4 Å². The molecule has 40 heavy (non-hydrogen) atoms. The summed E-state index contributed by atoms with van der Waals surface area (Å²) in [6, 6.07) is 6.49. The molecule has 2 atom stereocenters. The summed E-state index contributed by atoms with van der Waals surface area (Å²) in [5, 5.41) is 13.6. The summed E-state index contributed by atoms with van der Waals surface area (Å²) in [6.07, 6.45) is 9.17. The number of aliphatic carboxylic acids is 1. The monoisotopic (exact) mass is 568 g/mol. The third kappa shape index (κ3) is 6.97. The van der Waals surface area contributed by atoms with Crippen LogP contribution in [0.1, 0.15) is 65.4 Å². The van der Waals surface area contributed by atoms with Crippen LogP contribution in [0.25, 0.3) is 0 Å². The molecule has 5 rings (SSSR count). The van der Waals surface area contributed by atoms with Gasteiger partial charge in [0.05, 0.1) is 18.7 Å². The van der Waals surface area contributed by atoms with Crippen molar-refractivity contribution in [3.05, 3.63) is 69.1 Å². The highest BCUT2D eigenvalue weighted by Crippen LogP contribution is 2.36. The molecule has 4 heterocycles. The normalized spacial score (nSPS) is 17.8. The van der Waals surface area contributed by atoms with Gasteiger partial charge in [-0.05, 0) is 67.9 Å². The van der Waals surface area contributed by atoms with Gasteiger partial charge in [0.2, 0.25) is 0 Å². The highest BCUT2D eigenvalue weighted by Gasteiger charge is 2.36. The lowest BCUT2D eigenvalue weighted by Crippen LogP contribution is -2.34. The van der Waals surface area contributed by atoms with Crippen LogP contribution < -0.4 is 10.1 Å². The van der Waals surface area contributed by atoms with E-state index >= 15 is 0 Å². The van der Waals surface area contributed by atoms with Crippen LogP contribution >= 0.6 is 11.3 Å². The third-order valence-corrected chi connectivity index (χ3v) is 8.43. The van der Waals surface area contributed by atoms with E-state index < -0.39 is 17.8 Å². The Morgan fingerprint density at radius 1 is 1.30 bits per heavy atom. The van der Waals surface area contributed by atoms with Crippen LogP contribution in [0.4, 0.5) is 10.2 Å². The Morgan fingerprint density at radius 3 is 3.00 bits per heavy atom. The number of likely N-dealkylation sites (tertiary alicyclic amines) is 1. The van der Waals surface area contributed by atoms with Crippen LogP contribution in [0.5, 0.6) is 5.75 Å². The number of nitrogens with zero attached hydrogens (tertiary/aromatic N) is 3. The van der Waals surface area contributed by atoms with Crippen LogP contribution in [-0.2, 0) is 28.8 Å². The van der Waals surface area contributed by atoms with E-state index in [-0.39, 0.29) is 11.9 Å². The van der Waals surface area contributed by atoms with Gasteiger partial charge < -0.3 is 19.9 Å². The lowest BCUT2D eigenvalue weighted by Gasteiger charge is -2.26. The minimum absolute atomic E-state index is 0.0194. The molecule has 0 unspecified atom stereocenters. The van der Waals surface area contributed by atoms with Gasteiger partial charge in [-0.15, -0.1) is 11.3 Å². The zero-order valence-corrected chi connectivity index (χ0v) is 23.7. The number of anilines is 1. The predicted octanol–water partition coefficient (Wildman–Crippen LogP) is 5.26. The summed E-state index contributed by atoms with van der Waals surface area (Å²) < 4.78 is 26.5. The van der Waals surface area contributed by atoms with E-state index in [1.165, 1.54) is 30.1 Å². The maximum atomic E-state index is 15.0. The summed E-state index contributed by atoms with van der Waals surface area (Å²) in [4.78, 5) is 24.1. The van der Waals surface area contributed by atoms with E-state index in [4.69, 9.17) is 14.5 Å². The molecular formula is C30H37FN4O4S. The maximum absolute atomic E-state index is 15.0. The molecule has 2 N–H and O–H groups in total. The number of hydrogen-bond acceptors (Lipinski definition) is 8. The SMILES string of the molecule is COc1c(F)cc(Cc2cncs2)cc1[C@@H](C(=O)O)N1CC[C@@H](OCCCCCc2ccc3c(n2)NCCC3)C1. The Kier molecular flexibility index (Phi) is 9.62. The Labute approximate surface area is 238 Å². The summed E-state index contributed by atoms with van der Waals surface area (Å²) in [6.45, 7) is 2.67. The molecule has 1 aromatic carbocycles. The number of halogens is 1. The summed E-state index contributed by atoms with van der Waals surface area (Å²) in [7, 11) is 1.37. The zero-order valence-electron chi connectivity index (χ0n) is 22.9. The van der Waals surface area contributed by atoms with Crippen molar-refractivity contribution in [2.24, 2.45) is 0 Å². The van der Waals surface area contributed by atoms with E-state index in [9.17, 15) is 14.3 Å². The number of ether oxygens (including phenoxy) is 2. The first-order chi connectivity index (χ1) is 19.5. The number of pyridine rings is 1. The minimum atomic E-state index is -1.03. The van der Waals surface area contributed by atoms with E-state index in [2.05, 4.69) is 22.4 Å². The molecule has 1 fully saturated rings. The van der Waals surface area contributed by atoms with Gasteiger partial charge in [-0.25, -0.2) is 9.37 Å². The summed E-state index contributed by atoms with van der Waals surface area (Å²) in [5.74, 6) is -0.558. The molecular weight excluding hydrogens is 531 g/mol. The Bertz CT molecular complexity index is 1290. The number of methoxy groups -OCH3 is 1. The number of carbonyl (C=O) groups is 1. The highest BCUT2D eigenvalue weighted by molar-refractivity contribution is 7.09. The van der Waals surface area contributed by atoms with Crippen molar-refractivity contribution in [1.82, 2.24) is 14.9 Å². The number of carboxylic acids is 1. The third-order valence-electron chi connectivity index (χ3n) is 7.65. The number of thiazole rings is 1. The van der Waals surface area contributed by atoms with Crippen molar-refractivity contribution < 1.29 is 23.8 Å². The van der Waals surface area contributed by atoms with E-state index in [0.29, 0.717) is 37.2 Å². The van der Waals surface area contributed by atoms with Crippen molar-refractivity contribution >= 4 is 23.1 Å². The molecule has 0 aliphatic carbocycles. The summed E-state index contributed by atoms with van der Waals surface area (Å²) >= 11 is 1.48. The number of hydrogen-bond donors (Lipinski definition) is 2. The zero-order chi connectivity index (χ0) is 27.9. The highest BCUT2D eigenvalue weighted by atomic mass is 32.1. The molecule has 2 aromatic heterocycles. The molecule has 214 valence electrons. The van der Waals surface area contributed by atoms with Gasteiger partial charge in [-0.1, -0.05) is 12.5 Å². The Morgan fingerprint density at radius 2 is 2.20 bits per heavy atom. The van der Waals surface area contributed by atoms with Crippen molar-refractivity contribution in [3.63, 3.8) is 0 Å². The first-order valence-electron chi connectivity index (χ1n) is 14.1. The standard InChI is InChI=1S/C30H37FN4O4S/c1-38-28-25(15-20(16-26(28)31)14-24-17-32-19-40-24)27(30(36)37)35-12-10-23(18-35)39-13-4-2-3-7-22-9-8-21-6-5-11-33-29(21)34-22/h8-9,15-17,19,23,27H,2-7,10-14,18H2,1H3,(H,33,34)(H,36,37)/t23-,27+/m1/s1. The summed E-state index contributed by atoms with van der Waals surface area (Å²) in [5.41, 5.74) is 5.19. The van der Waals surface area contributed by atoms with Gasteiger partial charge >= 0.3 is 5.97 Å². The first kappa shape index (κ1) is 28.4. The Hall–Kier alpha value is -3.08. The molecule has 2 aliphatic heterocycles. The average molecular weight is 569 g/mol. The molecule has 3 aromatic rings. The molecule has 0 spiro atoms. The second kappa shape index (κ2) is 13.5. The van der Waals surface area contributed by atoms with Crippen LogP contribution in [0.3, 0.4) is 0 Å². The van der Waals surface area contributed by atoms with Gasteiger partial charge in [0.1, 0.15) is 11.9 Å². The predicted molar refractivity (Wildman–Crippen MR) is 153 cm³/mol. The number of nitrogens with one attached hydrogen (secondary N) is 1. The fourth-order valence-electron chi connectivity index (χ4n) is 5.68. The molecule has 0 radical (unpaired) electrons. The number of fused-ring (bicyclic) bond motifs is 1. The molecule has 0 amide bonds. The fraction of sp³-hybridized carbons (Fsp3) is 0.500. The lowest BCUT2D eigenvalue weighted by atomic mass is 9.99. The van der Waals surface area contributed by atoms with E-state index in [1.54, 1.807) is 17.8 Å². The molecule has 0 saturated carbocycles. The van der Waals surface area contributed by atoms with E-state index in [0.717, 1.165) is 67.9 Å². The maximum Gasteiger partial charge on any atom is 0.325 e. The smallest absolute Gasteiger partial charge is 0.325 e.